The molecule has 0 atom stereocenters. The summed E-state index contributed by atoms with van der Waals surface area (Å²) in [6, 6.07) is 10.9. The number of pyridine rings is 1. The molecule has 1 aliphatic heterocycles. The van der Waals surface area contributed by atoms with Crippen LogP contribution in [-0.2, 0) is 0 Å². The Morgan fingerprint density at radius 2 is 1.87 bits per heavy atom. The standard InChI is InChI=1S/C18H13N7O5/c1-30-13-7-4-10-8-12(18(27)20-14(10)15(13)25(28)29)17(26)19-11-5-2-9(3-6-11)16-21-23-24-22-16/h2-8,16H,1H3,(H,19,26)(H,20,27). The Hall–Kier alpha value is -4.48. The molecule has 1 aliphatic rings. The van der Waals surface area contributed by atoms with Crippen LogP contribution in [0, 0.1) is 10.1 Å². The molecule has 12 heteroatoms. The number of nitrogens with zero attached hydrogens (tertiary/aromatic N) is 5. The van der Waals surface area contributed by atoms with E-state index in [4.69, 9.17) is 4.74 Å². The Balaban J connectivity index is 1.64. The number of nitro groups is 1. The zero-order chi connectivity index (χ0) is 21.3. The fourth-order valence-electron chi connectivity index (χ4n) is 2.99. The second-order valence-corrected chi connectivity index (χ2v) is 6.21. The molecule has 150 valence electrons. The largest absolute Gasteiger partial charge is 0.490 e. The van der Waals surface area contributed by atoms with Crippen LogP contribution in [0.3, 0.4) is 0 Å². The van der Waals surface area contributed by atoms with Crippen molar-refractivity contribution in [2.75, 3.05) is 12.4 Å². The number of benzene rings is 2. The number of anilines is 1. The number of nitrogens with one attached hydrogen (secondary N) is 2. The molecule has 3 aromatic rings. The van der Waals surface area contributed by atoms with Crippen LogP contribution in [0.4, 0.5) is 11.4 Å². The van der Waals surface area contributed by atoms with Gasteiger partial charge in [-0.25, -0.2) is 0 Å². The van der Waals surface area contributed by atoms with Gasteiger partial charge in [0.2, 0.25) is 6.17 Å². The minimum Gasteiger partial charge on any atom is -0.490 e. The average Bonchev–Trinajstić information content (AvgIpc) is 3.27. The molecule has 4 rings (SSSR count). The monoisotopic (exact) mass is 407 g/mol. The van der Waals surface area contributed by atoms with Crippen LogP contribution >= 0.6 is 0 Å². The first-order valence-electron chi connectivity index (χ1n) is 8.57. The quantitative estimate of drug-likeness (QED) is 0.487. The van der Waals surface area contributed by atoms with Gasteiger partial charge in [-0.3, -0.25) is 19.7 Å². The maximum absolute atomic E-state index is 12.6. The third-order valence-electron chi connectivity index (χ3n) is 4.43. The third kappa shape index (κ3) is 3.37. The van der Waals surface area contributed by atoms with Crippen LogP contribution in [0.1, 0.15) is 22.1 Å². The molecule has 1 amide bonds. The first-order valence-corrected chi connectivity index (χ1v) is 8.57. The van der Waals surface area contributed by atoms with Crippen molar-refractivity contribution < 1.29 is 14.5 Å². The van der Waals surface area contributed by atoms with Gasteiger partial charge in [-0.15, -0.1) is 10.2 Å². The first kappa shape index (κ1) is 18.9. The van der Waals surface area contributed by atoms with Gasteiger partial charge in [0.05, 0.1) is 12.0 Å². The van der Waals surface area contributed by atoms with Gasteiger partial charge in [-0.05, 0) is 40.8 Å². The molecule has 1 aromatic heterocycles. The predicted molar refractivity (Wildman–Crippen MR) is 105 cm³/mol. The van der Waals surface area contributed by atoms with E-state index >= 15 is 0 Å². The summed E-state index contributed by atoms with van der Waals surface area (Å²) in [6.07, 6.45) is -0.508. The molecule has 0 aliphatic carbocycles. The molecule has 0 radical (unpaired) electrons. The number of nitro benzene ring substituents is 1. The number of carbonyl (C=O) groups is 1. The van der Waals surface area contributed by atoms with Crippen LogP contribution in [0.2, 0.25) is 0 Å². The van der Waals surface area contributed by atoms with E-state index in [0.717, 1.165) is 5.56 Å². The van der Waals surface area contributed by atoms with Crippen molar-refractivity contribution in [1.82, 2.24) is 4.98 Å². The van der Waals surface area contributed by atoms with Crippen molar-refractivity contribution in [2.45, 2.75) is 6.17 Å². The molecule has 30 heavy (non-hydrogen) atoms. The minimum absolute atomic E-state index is 0.00164. The Bertz CT molecular complexity index is 1270. The maximum Gasteiger partial charge on any atom is 0.334 e. The summed E-state index contributed by atoms with van der Waals surface area (Å²) in [7, 11) is 1.29. The van der Waals surface area contributed by atoms with Crippen molar-refractivity contribution >= 4 is 28.2 Å². The summed E-state index contributed by atoms with van der Waals surface area (Å²) in [5, 5.41) is 28.8. The van der Waals surface area contributed by atoms with Crippen LogP contribution in [0.15, 0.2) is 67.9 Å². The number of rotatable bonds is 5. The second kappa shape index (κ2) is 7.50. The molecular weight excluding hydrogens is 394 g/mol. The van der Waals surface area contributed by atoms with Crippen LogP contribution in [0.25, 0.3) is 10.9 Å². The van der Waals surface area contributed by atoms with E-state index < -0.39 is 22.6 Å². The summed E-state index contributed by atoms with van der Waals surface area (Å²) < 4.78 is 4.99. The van der Waals surface area contributed by atoms with Crippen LogP contribution in [0.5, 0.6) is 5.75 Å². The van der Waals surface area contributed by atoms with E-state index in [1.165, 1.54) is 25.3 Å². The molecule has 2 heterocycles. The number of hydrogen-bond acceptors (Lipinski definition) is 9. The van der Waals surface area contributed by atoms with Gasteiger partial charge in [0.1, 0.15) is 11.1 Å². The van der Waals surface area contributed by atoms with Gasteiger partial charge in [-0.1, -0.05) is 12.1 Å². The van der Waals surface area contributed by atoms with E-state index in [9.17, 15) is 19.7 Å². The van der Waals surface area contributed by atoms with Crippen molar-refractivity contribution in [3.05, 3.63) is 74.1 Å². The molecule has 2 aromatic carbocycles. The lowest BCUT2D eigenvalue weighted by Gasteiger charge is -2.08. The lowest BCUT2D eigenvalue weighted by Crippen LogP contribution is -2.23. The van der Waals surface area contributed by atoms with Gasteiger partial charge in [0, 0.05) is 16.6 Å². The lowest BCUT2D eigenvalue weighted by atomic mass is 10.1. The Morgan fingerprint density at radius 3 is 2.50 bits per heavy atom. The van der Waals surface area contributed by atoms with Crippen molar-refractivity contribution in [3.8, 4) is 5.75 Å². The van der Waals surface area contributed by atoms with E-state index in [2.05, 4.69) is 31.0 Å². The number of ether oxygens (including phenoxy) is 1. The van der Waals surface area contributed by atoms with Crippen LogP contribution in [-0.4, -0.2) is 22.9 Å². The highest BCUT2D eigenvalue weighted by Gasteiger charge is 2.22. The maximum atomic E-state index is 12.6. The number of H-pyrrole nitrogens is 1. The molecular formula is C18H13N7O5. The molecule has 0 bridgehead atoms. The first-order chi connectivity index (χ1) is 14.5. The third-order valence-corrected chi connectivity index (χ3v) is 4.43. The van der Waals surface area contributed by atoms with E-state index in [-0.39, 0.29) is 22.5 Å². The number of aromatic nitrogens is 1. The topological polar surface area (TPSA) is 164 Å². The van der Waals surface area contributed by atoms with E-state index in [1.54, 1.807) is 24.3 Å². The predicted octanol–water partition coefficient (Wildman–Crippen LogP) is 3.53. The minimum atomic E-state index is -0.764. The highest BCUT2D eigenvalue weighted by Crippen LogP contribution is 2.33. The number of fused-ring (bicyclic) bond motifs is 1. The fourth-order valence-corrected chi connectivity index (χ4v) is 2.99. The van der Waals surface area contributed by atoms with Gasteiger partial charge >= 0.3 is 5.69 Å². The summed E-state index contributed by atoms with van der Waals surface area (Å²) in [6.45, 7) is 0. The van der Waals surface area contributed by atoms with Crippen LogP contribution < -0.4 is 15.6 Å². The number of carbonyl (C=O) groups excluding carboxylic acids is 1. The van der Waals surface area contributed by atoms with Gasteiger partial charge in [-0.2, -0.15) is 0 Å². The van der Waals surface area contributed by atoms with Crippen molar-refractivity contribution in [1.29, 1.82) is 0 Å². The van der Waals surface area contributed by atoms with Crippen molar-refractivity contribution in [3.63, 3.8) is 0 Å². The van der Waals surface area contributed by atoms with Gasteiger partial charge in [0.25, 0.3) is 11.5 Å². The molecule has 0 saturated heterocycles. The number of hydrogen-bond donors (Lipinski definition) is 2. The summed E-state index contributed by atoms with van der Waals surface area (Å²) in [4.78, 5) is 38.2. The Kier molecular flexibility index (Phi) is 4.72. The smallest absolute Gasteiger partial charge is 0.334 e. The SMILES string of the molecule is COc1ccc2cc(C(=O)Nc3ccc(C4N=NN=N4)cc3)c(=O)[nH]c2c1[N+](=O)[O-]. The molecule has 0 fully saturated rings. The zero-order valence-electron chi connectivity index (χ0n) is 15.4. The molecule has 0 spiro atoms. The van der Waals surface area contributed by atoms with Gasteiger partial charge in [0.15, 0.2) is 5.75 Å². The highest BCUT2D eigenvalue weighted by molar-refractivity contribution is 6.06. The molecule has 0 unspecified atom stereocenters. The van der Waals surface area contributed by atoms with Gasteiger partial charge < -0.3 is 15.0 Å². The molecule has 2 N–H and O–H groups in total. The fraction of sp³-hybridized carbons (Fsp3) is 0.111. The van der Waals surface area contributed by atoms with E-state index in [1.807, 2.05) is 0 Å². The zero-order valence-corrected chi connectivity index (χ0v) is 15.4. The molecule has 0 saturated carbocycles. The Labute approximate surface area is 167 Å². The summed E-state index contributed by atoms with van der Waals surface area (Å²) in [5.74, 6) is -0.661. The highest BCUT2D eigenvalue weighted by atomic mass is 16.6. The van der Waals surface area contributed by atoms with Crippen molar-refractivity contribution in [2.24, 2.45) is 20.7 Å². The lowest BCUT2D eigenvalue weighted by molar-refractivity contribution is -0.384. The Morgan fingerprint density at radius 1 is 1.17 bits per heavy atom. The van der Waals surface area contributed by atoms with E-state index in [0.29, 0.717) is 11.1 Å². The normalized spacial score (nSPS) is 13.0. The second-order valence-electron chi connectivity index (χ2n) is 6.21. The number of aromatic amines is 1. The number of amides is 1. The summed E-state index contributed by atoms with van der Waals surface area (Å²) >= 11 is 0. The summed E-state index contributed by atoms with van der Waals surface area (Å²) in [5.41, 5.74) is -0.177. The number of methoxy groups -OCH3 is 1. The average molecular weight is 407 g/mol. The molecule has 12 nitrogen and oxygen atoms in total.